The van der Waals surface area contributed by atoms with E-state index in [2.05, 4.69) is 11.9 Å². The summed E-state index contributed by atoms with van der Waals surface area (Å²) in [5.41, 5.74) is 6.39. The number of likely N-dealkylation sites (tertiary alicyclic amines) is 1. The second-order valence-electron chi connectivity index (χ2n) is 8.31. The number of aromatic amines is 1. The van der Waals surface area contributed by atoms with E-state index in [0.29, 0.717) is 24.7 Å². The van der Waals surface area contributed by atoms with Crippen molar-refractivity contribution in [2.45, 2.75) is 63.8 Å². The van der Waals surface area contributed by atoms with E-state index in [1.807, 2.05) is 4.90 Å². The number of nitrogens with two attached hydrogens (primary N) is 1. The molecular formula is C20H29FN4O3. The molecule has 4 rings (SSSR count). The minimum atomic E-state index is -0.723. The molecule has 0 amide bonds. The maximum absolute atomic E-state index is 15.6. The number of halogens is 1. The van der Waals surface area contributed by atoms with Gasteiger partial charge in [0, 0.05) is 25.7 Å². The molecule has 2 aliphatic carbocycles. The molecule has 28 heavy (non-hydrogen) atoms. The molecule has 4 unspecified atom stereocenters. The molecule has 1 saturated carbocycles. The molecule has 3 N–H and O–H groups in total. The smallest absolute Gasteiger partial charge is 0.328 e. The van der Waals surface area contributed by atoms with Gasteiger partial charge < -0.3 is 10.5 Å². The lowest BCUT2D eigenvalue weighted by atomic mass is 9.84. The summed E-state index contributed by atoms with van der Waals surface area (Å²) in [6, 6.07) is -0.665. The van der Waals surface area contributed by atoms with Crippen LogP contribution in [0.3, 0.4) is 0 Å². The summed E-state index contributed by atoms with van der Waals surface area (Å²) >= 11 is 0. The molecule has 0 radical (unpaired) electrons. The second-order valence-corrected chi connectivity index (χ2v) is 8.31. The monoisotopic (exact) mass is 392 g/mol. The van der Waals surface area contributed by atoms with Gasteiger partial charge >= 0.3 is 5.69 Å². The number of ether oxygens (including phenoxy) is 1. The molecule has 3 aliphatic rings. The molecule has 1 aliphatic heterocycles. The zero-order chi connectivity index (χ0) is 20.2. The Morgan fingerprint density at radius 3 is 2.57 bits per heavy atom. The van der Waals surface area contributed by atoms with Crippen molar-refractivity contribution in [3.05, 3.63) is 37.9 Å². The Bertz CT molecular complexity index is 917. The van der Waals surface area contributed by atoms with E-state index >= 15 is 4.39 Å². The van der Waals surface area contributed by atoms with Crippen molar-refractivity contribution >= 4 is 5.57 Å². The number of allylic oxidation sites excluding steroid dienone is 1. The minimum Gasteiger partial charge on any atom is -0.373 e. The number of nitrogens with one attached hydrogen (secondary N) is 1. The average molecular weight is 392 g/mol. The number of fused-ring (bicyclic) bond motifs is 1. The van der Waals surface area contributed by atoms with Crippen LogP contribution in [0.2, 0.25) is 0 Å². The van der Waals surface area contributed by atoms with Crippen LogP contribution in [0, 0.1) is 5.92 Å². The number of aromatic nitrogens is 2. The van der Waals surface area contributed by atoms with Gasteiger partial charge in [0.25, 0.3) is 5.56 Å². The number of nitrogens with zero attached hydrogens (tertiary/aromatic N) is 2. The Kier molecular flexibility index (Phi) is 5.05. The van der Waals surface area contributed by atoms with Gasteiger partial charge in [-0.2, -0.15) is 0 Å². The van der Waals surface area contributed by atoms with E-state index in [1.54, 1.807) is 11.5 Å². The fraction of sp³-hybridized carbons (Fsp3) is 0.700. The largest absolute Gasteiger partial charge is 0.373 e. The Morgan fingerprint density at radius 2 is 2.00 bits per heavy atom. The number of hydrogen-bond acceptors (Lipinski definition) is 5. The Labute approximate surface area is 163 Å². The van der Waals surface area contributed by atoms with E-state index in [-0.39, 0.29) is 29.0 Å². The topological polar surface area (TPSA) is 93.3 Å². The van der Waals surface area contributed by atoms with Crippen molar-refractivity contribution in [1.29, 1.82) is 0 Å². The summed E-state index contributed by atoms with van der Waals surface area (Å²) < 4.78 is 22.9. The Morgan fingerprint density at radius 1 is 1.29 bits per heavy atom. The third-order valence-electron chi connectivity index (χ3n) is 6.65. The van der Waals surface area contributed by atoms with Gasteiger partial charge in [-0.15, -0.1) is 0 Å². The third kappa shape index (κ3) is 2.98. The molecule has 0 aromatic carbocycles. The molecule has 8 heteroatoms. The first kappa shape index (κ1) is 19.5. The highest BCUT2D eigenvalue weighted by Gasteiger charge is 2.45. The predicted octanol–water partition coefficient (Wildman–Crippen LogP) is 1.70. The Balaban J connectivity index is 1.84. The second kappa shape index (κ2) is 7.24. The van der Waals surface area contributed by atoms with E-state index in [4.69, 9.17) is 10.5 Å². The van der Waals surface area contributed by atoms with Crippen LogP contribution in [0.4, 0.5) is 4.39 Å². The standard InChI is InChI=1S/C20H29FN4O3/c1-4-11-7-8-24(9-13(11)22)17-15(21)10(2)14-16(18(17)28-3)25(12-5-6-12)20(27)23-19(14)26/h11-13,17-18H,4-9,22H2,1-3H3,(H,23,26,27). The predicted molar refractivity (Wildman–Crippen MR) is 105 cm³/mol. The maximum Gasteiger partial charge on any atom is 0.328 e. The zero-order valence-electron chi connectivity index (χ0n) is 16.7. The zero-order valence-corrected chi connectivity index (χ0v) is 16.7. The lowest BCUT2D eigenvalue weighted by molar-refractivity contribution is -0.00529. The van der Waals surface area contributed by atoms with Crippen molar-refractivity contribution in [1.82, 2.24) is 14.5 Å². The number of hydrogen-bond donors (Lipinski definition) is 2. The molecule has 1 aromatic rings. The van der Waals surface area contributed by atoms with Crippen molar-refractivity contribution in [3.63, 3.8) is 0 Å². The quantitative estimate of drug-likeness (QED) is 0.814. The summed E-state index contributed by atoms with van der Waals surface area (Å²) in [5, 5.41) is 0. The third-order valence-corrected chi connectivity index (χ3v) is 6.65. The van der Waals surface area contributed by atoms with Gasteiger partial charge in [0.1, 0.15) is 11.9 Å². The van der Waals surface area contributed by atoms with Crippen molar-refractivity contribution in [2.75, 3.05) is 20.2 Å². The summed E-state index contributed by atoms with van der Waals surface area (Å²) in [6.45, 7) is 5.02. The van der Waals surface area contributed by atoms with Gasteiger partial charge in [0.2, 0.25) is 0 Å². The number of piperidine rings is 1. The first-order valence-corrected chi connectivity index (χ1v) is 10.2. The lowest BCUT2D eigenvalue weighted by Crippen LogP contribution is -2.55. The van der Waals surface area contributed by atoms with E-state index < -0.39 is 23.4 Å². The van der Waals surface area contributed by atoms with Crippen LogP contribution in [-0.2, 0) is 4.74 Å². The molecule has 0 spiro atoms. The molecule has 7 nitrogen and oxygen atoms in total. The minimum absolute atomic E-state index is 0.0319. The molecule has 2 heterocycles. The van der Waals surface area contributed by atoms with Gasteiger partial charge in [0.15, 0.2) is 0 Å². The fourth-order valence-electron chi connectivity index (χ4n) is 4.94. The first-order chi connectivity index (χ1) is 13.4. The van der Waals surface area contributed by atoms with Gasteiger partial charge in [-0.05, 0) is 44.2 Å². The van der Waals surface area contributed by atoms with Gasteiger partial charge in [-0.3, -0.25) is 19.2 Å². The molecule has 1 saturated heterocycles. The van der Waals surface area contributed by atoms with Crippen molar-refractivity contribution in [3.8, 4) is 0 Å². The fourth-order valence-corrected chi connectivity index (χ4v) is 4.94. The molecule has 2 fully saturated rings. The highest BCUT2D eigenvalue weighted by molar-refractivity contribution is 5.70. The summed E-state index contributed by atoms with van der Waals surface area (Å²) in [7, 11) is 1.51. The van der Waals surface area contributed by atoms with Gasteiger partial charge in [0.05, 0.1) is 17.3 Å². The van der Waals surface area contributed by atoms with E-state index in [1.165, 1.54) is 7.11 Å². The molecule has 4 atom stereocenters. The Hall–Kier alpha value is -1.77. The van der Waals surface area contributed by atoms with E-state index in [9.17, 15) is 9.59 Å². The summed E-state index contributed by atoms with van der Waals surface area (Å²) in [4.78, 5) is 29.5. The van der Waals surface area contributed by atoms with Crippen LogP contribution in [0.25, 0.3) is 5.57 Å². The number of rotatable bonds is 4. The molecular weight excluding hydrogens is 363 g/mol. The van der Waals surface area contributed by atoms with Crippen LogP contribution in [0.1, 0.15) is 62.9 Å². The van der Waals surface area contributed by atoms with Gasteiger partial charge in [-0.25, -0.2) is 9.18 Å². The van der Waals surface area contributed by atoms with Gasteiger partial charge in [-0.1, -0.05) is 13.3 Å². The molecule has 1 aromatic heterocycles. The van der Waals surface area contributed by atoms with Crippen molar-refractivity contribution in [2.24, 2.45) is 11.7 Å². The van der Waals surface area contributed by atoms with Crippen LogP contribution in [-0.4, -0.2) is 46.7 Å². The van der Waals surface area contributed by atoms with Crippen LogP contribution < -0.4 is 17.0 Å². The summed E-state index contributed by atoms with van der Waals surface area (Å²) in [6.07, 6.45) is 2.92. The normalized spacial score (nSPS) is 31.2. The highest BCUT2D eigenvalue weighted by atomic mass is 19.1. The first-order valence-electron chi connectivity index (χ1n) is 10.2. The summed E-state index contributed by atoms with van der Waals surface area (Å²) in [5.74, 6) is 0.0572. The maximum atomic E-state index is 15.6. The average Bonchev–Trinajstić information content (AvgIpc) is 3.48. The SMILES string of the molecule is CCC1CCN(C2C(F)=C(C)c3c(n(C4CC4)c(=O)[nH]c3=O)C2OC)CC1N. The van der Waals surface area contributed by atoms with Crippen molar-refractivity contribution < 1.29 is 9.13 Å². The number of methoxy groups -OCH3 is 1. The number of H-pyrrole nitrogens is 1. The molecule has 154 valence electrons. The van der Waals surface area contributed by atoms with Crippen LogP contribution >= 0.6 is 0 Å². The van der Waals surface area contributed by atoms with E-state index in [0.717, 1.165) is 25.7 Å². The van der Waals surface area contributed by atoms with Crippen LogP contribution in [0.5, 0.6) is 0 Å². The highest BCUT2D eigenvalue weighted by Crippen LogP contribution is 2.44. The molecule has 0 bridgehead atoms. The van der Waals surface area contributed by atoms with Crippen LogP contribution in [0.15, 0.2) is 15.4 Å². The lowest BCUT2D eigenvalue weighted by Gasteiger charge is -2.44.